The van der Waals surface area contributed by atoms with Gasteiger partial charge in [-0.25, -0.2) is 0 Å². The predicted molar refractivity (Wildman–Crippen MR) is 83.4 cm³/mol. The maximum atomic E-state index is 12.8. The van der Waals surface area contributed by atoms with Crippen LogP contribution in [0.3, 0.4) is 0 Å². The molecule has 0 saturated heterocycles. The monoisotopic (exact) mass is 379 g/mol. The van der Waals surface area contributed by atoms with Gasteiger partial charge in [0.05, 0.1) is 6.54 Å². The Bertz CT molecular complexity index is 745. The van der Waals surface area contributed by atoms with E-state index >= 15 is 0 Å². The summed E-state index contributed by atoms with van der Waals surface area (Å²) >= 11 is 0. The van der Waals surface area contributed by atoms with E-state index in [4.69, 9.17) is 0 Å². The molecule has 0 heterocycles. The largest absolute Gasteiger partial charge is 0.573 e. The molecule has 0 bridgehead atoms. The van der Waals surface area contributed by atoms with Crippen LogP contribution < -0.4 is 9.64 Å². The third-order valence-electron chi connectivity index (χ3n) is 3.41. The predicted octanol–water partition coefficient (Wildman–Crippen LogP) is 4.95. The summed E-state index contributed by atoms with van der Waals surface area (Å²) in [7, 11) is 0. The smallest absolute Gasteiger partial charge is 0.406 e. The topological polar surface area (TPSA) is 32.7 Å². The van der Waals surface area contributed by atoms with Gasteiger partial charge < -0.3 is 14.7 Å². The van der Waals surface area contributed by atoms with Crippen LogP contribution in [0.4, 0.5) is 37.7 Å². The van der Waals surface area contributed by atoms with E-state index in [1.54, 1.807) is 25.1 Å². The van der Waals surface area contributed by atoms with Gasteiger partial charge in [-0.3, -0.25) is 0 Å². The number of anilines is 2. The maximum absolute atomic E-state index is 12.8. The highest BCUT2D eigenvalue weighted by Crippen LogP contribution is 2.33. The van der Waals surface area contributed by atoms with Crippen molar-refractivity contribution in [1.82, 2.24) is 0 Å². The Morgan fingerprint density at radius 3 is 2.08 bits per heavy atom. The summed E-state index contributed by atoms with van der Waals surface area (Å²) in [5.41, 5.74) is 1.04. The molecule has 1 atom stereocenters. The van der Waals surface area contributed by atoms with Gasteiger partial charge in [0.2, 0.25) is 0 Å². The van der Waals surface area contributed by atoms with Crippen molar-refractivity contribution in [2.24, 2.45) is 0 Å². The molecule has 0 saturated carbocycles. The van der Waals surface area contributed by atoms with Crippen molar-refractivity contribution in [3.8, 4) is 5.75 Å². The molecular formula is C17H15F6NO2. The standard InChI is InChI=1S/C17H15F6NO2/c1-11-4-2-5-12(8-11)24(10-15(25)16(18,19)20)13-6-3-7-14(9-13)26-17(21,22)23/h2-9,15,25H,10H2,1H3/t15-/m1/s1. The lowest BCUT2D eigenvalue weighted by Gasteiger charge is -2.29. The van der Waals surface area contributed by atoms with E-state index in [9.17, 15) is 31.4 Å². The van der Waals surface area contributed by atoms with E-state index in [1.165, 1.54) is 18.2 Å². The van der Waals surface area contributed by atoms with E-state index in [2.05, 4.69) is 4.74 Å². The molecule has 0 aromatic heterocycles. The minimum atomic E-state index is -4.93. The molecule has 2 aromatic rings. The molecule has 26 heavy (non-hydrogen) atoms. The molecule has 0 aliphatic rings. The van der Waals surface area contributed by atoms with E-state index in [1.807, 2.05) is 0 Å². The van der Waals surface area contributed by atoms with Crippen molar-refractivity contribution in [2.75, 3.05) is 11.4 Å². The second kappa shape index (κ2) is 7.45. The van der Waals surface area contributed by atoms with Crippen molar-refractivity contribution in [3.63, 3.8) is 0 Å². The quantitative estimate of drug-likeness (QED) is 0.746. The van der Waals surface area contributed by atoms with Crippen LogP contribution in [0.1, 0.15) is 5.56 Å². The van der Waals surface area contributed by atoms with Gasteiger partial charge in [-0.1, -0.05) is 18.2 Å². The van der Waals surface area contributed by atoms with Gasteiger partial charge in [0, 0.05) is 17.4 Å². The van der Waals surface area contributed by atoms with Crippen LogP contribution in [0.25, 0.3) is 0 Å². The highest BCUT2D eigenvalue weighted by molar-refractivity contribution is 5.65. The SMILES string of the molecule is Cc1cccc(N(C[C@@H](O)C(F)(F)F)c2cccc(OC(F)(F)F)c2)c1. The van der Waals surface area contributed by atoms with Gasteiger partial charge in [-0.2, -0.15) is 13.2 Å². The van der Waals surface area contributed by atoms with Gasteiger partial charge in [0.25, 0.3) is 0 Å². The van der Waals surface area contributed by atoms with E-state index in [0.29, 0.717) is 0 Å². The number of hydrogen-bond acceptors (Lipinski definition) is 3. The van der Waals surface area contributed by atoms with Crippen LogP contribution in [0.15, 0.2) is 48.5 Å². The molecule has 142 valence electrons. The van der Waals surface area contributed by atoms with Gasteiger partial charge in [0.1, 0.15) is 5.75 Å². The van der Waals surface area contributed by atoms with Crippen LogP contribution in [-0.2, 0) is 0 Å². The average molecular weight is 379 g/mol. The maximum Gasteiger partial charge on any atom is 0.573 e. The van der Waals surface area contributed by atoms with Crippen LogP contribution in [0.2, 0.25) is 0 Å². The Morgan fingerprint density at radius 2 is 1.54 bits per heavy atom. The minimum Gasteiger partial charge on any atom is -0.406 e. The molecular weight excluding hydrogens is 364 g/mol. The highest BCUT2D eigenvalue weighted by Gasteiger charge is 2.39. The van der Waals surface area contributed by atoms with Crippen molar-refractivity contribution in [3.05, 3.63) is 54.1 Å². The second-order valence-corrected chi connectivity index (χ2v) is 5.55. The molecule has 0 radical (unpaired) electrons. The van der Waals surface area contributed by atoms with Gasteiger partial charge in [-0.05, 0) is 36.8 Å². The minimum absolute atomic E-state index is 0.0145. The van der Waals surface area contributed by atoms with Gasteiger partial charge in [0.15, 0.2) is 6.10 Å². The molecule has 1 N–H and O–H groups in total. The number of rotatable bonds is 5. The number of aliphatic hydroxyl groups is 1. The number of hydrogen-bond donors (Lipinski definition) is 1. The third-order valence-corrected chi connectivity index (χ3v) is 3.41. The Hall–Kier alpha value is -2.42. The number of halogens is 6. The van der Waals surface area contributed by atoms with Crippen LogP contribution >= 0.6 is 0 Å². The van der Waals surface area contributed by atoms with E-state index in [0.717, 1.165) is 22.6 Å². The summed E-state index contributed by atoms with van der Waals surface area (Å²) in [6.07, 6.45) is -12.5. The summed E-state index contributed by atoms with van der Waals surface area (Å²) in [5, 5.41) is 9.43. The van der Waals surface area contributed by atoms with Gasteiger partial charge in [-0.15, -0.1) is 13.2 Å². The third kappa shape index (κ3) is 5.55. The molecule has 0 aliphatic carbocycles. The highest BCUT2D eigenvalue weighted by atomic mass is 19.4. The van der Waals surface area contributed by atoms with Crippen molar-refractivity contribution < 1.29 is 36.2 Å². The molecule has 0 unspecified atom stereocenters. The fourth-order valence-corrected chi connectivity index (χ4v) is 2.28. The first-order valence-corrected chi connectivity index (χ1v) is 7.40. The molecule has 9 heteroatoms. The summed E-state index contributed by atoms with van der Waals surface area (Å²) in [5.74, 6) is -0.575. The number of aryl methyl sites for hydroxylation is 1. The normalized spacial score (nSPS) is 13.4. The van der Waals surface area contributed by atoms with E-state index < -0.39 is 30.9 Å². The summed E-state index contributed by atoms with van der Waals surface area (Å²) in [6, 6.07) is 10.9. The van der Waals surface area contributed by atoms with Crippen molar-refractivity contribution >= 4 is 11.4 Å². The number of ether oxygens (including phenoxy) is 1. The molecule has 0 spiro atoms. The van der Waals surface area contributed by atoms with Crippen LogP contribution in [0, 0.1) is 6.92 Å². The first kappa shape index (κ1) is 19.9. The first-order valence-electron chi connectivity index (χ1n) is 7.40. The number of nitrogens with zero attached hydrogens (tertiary/aromatic N) is 1. The van der Waals surface area contributed by atoms with Crippen LogP contribution in [0.5, 0.6) is 5.75 Å². The lowest BCUT2D eigenvalue weighted by Crippen LogP contribution is -2.39. The Morgan fingerprint density at radius 1 is 0.962 bits per heavy atom. The lowest BCUT2D eigenvalue weighted by molar-refractivity contribution is -0.274. The summed E-state index contributed by atoms with van der Waals surface area (Å²) < 4.78 is 79.3. The number of benzene rings is 2. The molecule has 0 fully saturated rings. The zero-order valence-corrected chi connectivity index (χ0v) is 13.5. The van der Waals surface area contributed by atoms with Crippen LogP contribution in [-0.4, -0.2) is 30.3 Å². The molecule has 2 rings (SSSR count). The number of alkyl halides is 6. The summed E-state index contributed by atoms with van der Waals surface area (Å²) in [4.78, 5) is 1.08. The van der Waals surface area contributed by atoms with Crippen molar-refractivity contribution in [2.45, 2.75) is 25.6 Å². The Kier molecular flexibility index (Phi) is 5.70. The Balaban J connectivity index is 2.42. The molecule has 0 aliphatic heterocycles. The second-order valence-electron chi connectivity index (χ2n) is 5.55. The summed E-state index contributed by atoms with van der Waals surface area (Å²) in [6.45, 7) is 0.827. The fraction of sp³-hybridized carbons (Fsp3) is 0.294. The Labute approximate surface area is 145 Å². The first-order chi connectivity index (χ1) is 12.0. The fourth-order valence-electron chi connectivity index (χ4n) is 2.28. The molecule has 3 nitrogen and oxygen atoms in total. The van der Waals surface area contributed by atoms with E-state index in [-0.39, 0.29) is 11.4 Å². The molecule has 2 aromatic carbocycles. The average Bonchev–Trinajstić information content (AvgIpc) is 2.50. The van der Waals surface area contributed by atoms with Gasteiger partial charge >= 0.3 is 12.5 Å². The lowest BCUT2D eigenvalue weighted by atomic mass is 10.1. The zero-order chi connectivity index (χ0) is 19.5. The molecule has 0 amide bonds. The zero-order valence-electron chi connectivity index (χ0n) is 13.5. The van der Waals surface area contributed by atoms with Crippen molar-refractivity contribution in [1.29, 1.82) is 0 Å². The number of aliphatic hydroxyl groups excluding tert-OH is 1.